The first-order chi connectivity index (χ1) is 6.18. The largest absolute Gasteiger partial charge is 0.388 e. The predicted molar refractivity (Wildman–Crippen MR) is 52.5 cm³/mol. The fourth-order valence-electron chi connectivity index (χ4n) is 1.44. The normalized spacial score (nSPS) is 21.3. The van der Waals surface area contributed by atoms with Gasteiger partial charge in [0.1, 0.15) is 5.82 Å². The van der Waals surface area contributed by atoms with Crippen LogP contribution in [0.5, 0.6) is 0 Å². The van der Waals surface area contributed by atoms with E-state index in [2.05, 4.69) is 0 Å². The van der Waals surface area contributed by atoms with Gasteiger partial charge in [0.2, 0.25) is 0 Å². The SMILES string of the molecule is O[C@@H]1CSCc2c(Cl)cc(F)cc21. The van der Waals surface area contributed by atoms with Gasteiger partial charge in [-0.3, -0.25) is 0 Å². The summed E-state index contributed by atoms with van der Waals surface area (Å²) in [5, 5.41) is 9.98. The average molecular weight is 219 g/mol. The molecule has 1 N–H and O–H groups in total. The minimum absolute atomic E-state index is 0.380. The minimum atomic E-state index is -0.582. The summed E-state index contributed by atoms with van der Waals surface area (Å²) >= 11 is 7.46. The molecule has 0 radical (unpaired) electrons. The molecule has 0 saturated heterocycles. The molecule has 1 aromatic carbocycles. The molecule has 1 nitrogen and oxygen atoms in total. The Kier molecular flexibility index (Phi) is 2.49. The Bertz CT molecular complexity index is 343. The van der Waals surface area contributed by atoms with Gasteiger partial charge in [0.15, 0.2) is 0 Å². The summed E-state index contributed by atoms with van der Waals surface area (Å²) in [6, 6.07) is 2.66. The van der Waals surface area contributed by atoms with Crippen molar-refractivity contribution >= 4 is 23.4 Å². The number of hydrogen-bond donors (Lipinski definition) is 1. The molecule has 13 heavy (non-hydrogen) atoms. The van der Waals surface area contributed by atoms with E-state index in [0.29, 0.717) is 16.3 Å². The lowest BCUT2D eigenvalue weighted by atomic mass is 10.0. The number of fused-ring (bicyclic) bond motifs is 1. The fraction of sp³-hybridized carbons (Fsp3) is 0.333. The van der Waals surface area contributed by atoms with Crippen molar-refractivity contribution < 1.29 is 9.50 Å². The number of halogens is 2. The first-order valence-corrected chi connectivity index (χ1v) is 5.45. The number of aliphatic hydroxyl groups excluding tert-OH is 1. The Labute approximate surface area is 84.9 Å². The first-order valence-electron chi connectivity index (χ1n) is 3.92. The van der Waals surface area contributed by atoms with E-state index in [9.17, 15) is 9.50 Å². The highest BCUT2D eigenvalue weighted by Crippen LogP contribution is 2.36. The van der Waals surface area contributed by atoms with Crippen LogP contribution in [0.1, 0.15) is 17.2 Å². The van der Waals surface area contributed by atoms with E-state index in [4.69, 9.17) is 11.6 Å². The second-order valence-corrected chi connectivity index (χ2v) is 4.42. The predicted octanol–water partition coefficient (Wildman–Crippen LogP) is 2.76. The highest BCUT2D eigenvalue weighted by atomic mass is 35.5. The molecule has 70 valence electrons. The van der Waals surface area contributed by atoms with Crippen LogP contribution in [0.25, 0.3) is 0 Å². The van der Waals surface area contributed by atoms with Gasteiger partial charge in [0, 0.05) is 16.5 Å². The smallest absolute Gasteiger partial charge is 0.125 e. The van der Waals surface area contributed by atoms with Crippen LogP contribution < -0.4 is 0 Å². The molecule has 2 rings (SSSR count). The lowest BCUT2D eigenvalue weighted by Gasteiger charge is -2.21. The number of rotatable bonds is 0. The molecule has 0 saturated carbocycles. The molecule has 1 aromatic rings. The zero-order chi connectivity index (χ0) is 9.42. The van der Waals surface area contributed by atoms with Gasteiger partial charge in [0.25, 0.3) is 0 Å². The quantitative estimate of drug-likeness (QED) is 0.723. The van der Waals surface area contributed by atoms with E-state index >= 15 is 0 Å². The molecule has 0 amide bonds. The Morgan fingerprint density at radius 2 is 2.31 bits per heavy atom. The molecular formula is C9H8ClFOS. The maximum absolute atomic E-state index is 12.9. The number of hydrogen-bond acceptors (Lipinski definition) is 2. The Hall–Kier alpha value is -0.250. The van der Waals surface area contributed by atoms with E-state index in [1.165, 1.54) is 12.1 Å². The molecule has 0 fully saturated rings. The molecular weight excluding hydrogens is 211 g/mol. The van der Waals surface area contributed by atoms with Gasteiger partial charge in [-0.1, -0.05) is 11.6 Å². The first kappa shape index (κ1) is 9.31. The maximum Gasteiger partial charge on any atom is 0.125 e. The standard InChI is InChI=1S/C9H8ClFOS/c10-8-2-5(11)1-6-7(8)3-13-4-9(6)12/h1-2,9,12H,3-4H2/t9-/m1/s1. The van der Waals surface area contributed by atoms with Crippen molar-refractivity contribution in [2.24, 2.45) is 0 Å². The molecule has 0 aromatic heterocycles. The van der Waals surface area contributed by atoms with E-state index < -0.39 is 6.10 Å². The van der Waals surface area contributed by atoms with Gasteiger partial charge in [0.05, 0.1) is 6.10 Å². The fourth-order valence-corrected chi connectivity index (χ4v) is 2.84. The molecule has 0 spiro atoms. The summed E-state index contributed by atoms with van der Waals surface area (Å²) in [5.41, 5.74) is 1.51. The molecule has 1 aliphatic heterocycles. The van der Waals surface area contributed by atoms with Gasteiger partial charge in [-0.05, 0) is 23.3 Å². The van der Waals surface area contributed by atoms with E-state index in [-0.39, 0.29) is 5.82 Å². The van der Waals surface area contributed by atoms with Crippen molar-refractivity contribution in [1.29, 1.82) is 0 Å². The van der Waals surface area contributed by atoms with E-state index in [0.717, 1.165) is 11.3 Å². The average Bonchev–Trinajstić information content (AvgIpc) is 2.07. The van der Waals surface area contributed by atoms with Crippen molar-refractivity contribution in [3.8, 4) is 0 Å². The minimum Gasteiger partial charge on any atom is -0.388 e. The van der Waals surface area contributed by atoms with Crippen LogP contribution in [0, 0.1) is 5.82 Å². The lowest BCUT2D eigenvalue weighted by Crippen LogP contribution is -2.10. The zero-order valence-corrected chi connectivity index (χ0v) is 8.33. The number of benzene rings is 1. The third kappa shape index (κ3) is 1.68. The van der Waals surface area contributed by atoms with Crippen LogP contribution in [0.2, 0.25) is 5.02 Å². The summed E-state index contributed by atoms with van der Waals surface area (Å²) in [6.07, 6.45) is -0.582. The van der Waals surface area contributed by atoms with Crippen LogP contribution in [-0.4, -0.2) is 10.9 Å². The molecule has 0 aliphatic carbocycles. The summed E-state index contributed by atoms with van der Waals surface area (Å²) in [5.74, 6) is 0.993. The monoisotopic (exact) mass is 218 g/mol. The Balaban J connectivity index is 2.56. The highest BCUT2D eigenvalue weighted by molar-refractivity contribution is 7.98. The Morgan fingerprint density at radius 1 is 1.54 bits per heavy atom. The molecule has 0 unspecified atom stereocenters. The Morgan fingerprint density at radius 3 is 3.08 bits per heavy atom. The van der Waals surface area contributed by atoms with Crippen molar-refractivity contribution in [2.45, 2.75) is 11.9 Å². The van der Waals surface area contributed by atoms with E-state index in [1.807, 2.05) is 0 Å². The number of aliphatic hydroxyl groups is 1. The summed E-state index contributed by atoms with van der Waals surface area (Å²) in [4.78, 5) is 0. The third-order valence-electron chi connectivity index (χ3n) is 2.08. The summed E-state index contributed by atoms with van der Waals surface area (Å²) < 4.78 is 12.9. The van der Waals surface area contributed by atoms with Crippen LogP contribution in [-0.2, 0) is 5.75 Å². The van der Waals surface area contributed by atoms with Gasteiger partial charge < -0.3 is 5.11 Å². The zero-order valence-electron chi connectivity index (χ0n) is 6.76. The third-order valence-corrected chi connectivity index (χ3v) is 3.46. The van der Waals surface area contributed by atoms with Crippen molar-refractivity contribution in [2.75, 3.05) is 5.75 Å². The van der Waals surface area contributed by atoms with E-state index in [1.54, 1.807) is 11.8 Å². The van der Waals surface area contributed by atoms with Crippen molar-refractivity contribution in [3.63, 3.8) is 0 Å². The van der Waals surface area contributed by atoms with Crippen LogP contribution in [0.4, 0.5) is 4.39 Å². The van der Waals surface area contributed by atoms with Crippen LogP contribution in [0.15, 0.2) is 12.1 Å². The van der Waals surface area contributed by atoms with Gasteiger partial charge in [-0.2, -0.15) is 11.8 Å². The lowest BCUT2D eigenvalue weighted by molar-refractivity contribution is 0.201. The second kappa shape index (κ2) is 3.48. The number of thioether (sulfide) groups is 1. The molecule has 0 bridgehead atoms. The molecule has 1 heterocycles. The summed E-state index contributed by atoms with van der Waals surface area (Å²) in [7, 11) is 0. The van der Waals surface area contributed by atoms with Crippen LogP contribution in [0.3, 0.4) is 0 Å². The van der Waals surface area contributed by atoms with Crippen molar-refractivity contribution in [1.82, 2.24) is 0 Å². The molecule has 1 atom stereocenters. The topological polar surface area (TPSA) is 20.2 Å². The maximum atomic E-state index is 12.9. The highest BCUT2D eigenvalue weighted by Gasteiger charge is 2.21. The molecule has 1 aliphatic rings. The van der Waals surface area contributed by atoms with Crippen LogP contribution >= 0.6 is 23.4 Å². The second-order valence-electron chi connectivity index (χ2n) is 2.99. The summed E-state index contributed by atoms with van der Waals surface area (Å²) in [6.45, 7) is 0. The molecule has 4 heteroatoms. The van der Waals surface area contributed by atoms with Crippen molar-refractivity contribution in [3.05, 3.63) is 34.1 Å². The van der Waals surface area contributed by atoms with Gasteiger partial charge >= 0.3 is 0 Å². The van der Waals surface area contributed by atoms with Gasteiger partial charge in [-0.15, -0.1) is 0 Å². The van der Waals surface area contributed by atoms with Gasteiger partial charge in [-0.25, -0.2) is 4.39 Å².